The molecule has 1 aliphatic rings. The molecule has 3 rings (SSSR count). The summed E-state index contributed by atoms with van der Waals surface area (Å²) in [5, 5.41) is 5.60. The molecule has 1 fully saturated rings. The fourth-order valence-electron chi connectivity index (χ4n) is 2.26. The summed E-state index contributed by atoms with van der Waals surface area (Å²) < 4.78 is 0. The van der Waals surface area contributed by atoms with E-state index in [1.54, 1.807) is 0 Å². The van der Waals surface area contributed by atoms with Gasteiger partial charge in [0, 0.05) is 17.3 Å². The van der Waals surface area contributed by atoms with Gasteiger partial charge in [-0.1, -0.05) is 37.3 Å². The van der Waals surface area contributed by atoms with Crippen molar-refractivity contribution in [2.75, 3.05) is 5.32 Å². The number of carbonyl (C=O) groups excluding carboxylic acids is 1. The van der Waals surface area contributed by atoms with Crippen LogP contribution in [0.3, 0.4) is 0 Å². The predicted molar refractivity (Wildman–Crippen MR) is 92.5 cm³/mol. The number of benzene rings is 1. The topological polar surface area (TPSA) is 68.0 Å². The van der Waals surface area contributed by atoms with Gasteiger partial charge in [0.1, 0.15) is 0 Å². The molecule has 0 bridgehead atoms. The highest BCUT2D eigenvalue weighted by atomic mass is 35.5. The fourth-order valence-corrected chi connectivity index (χ4v) is 3.05. The molecule has 6 heteroatoms. The summed E-state index contributed by atoms with van der Waals surface area (Å²) in [4.78, 5) is 16.8. The summed E-state index contributed by atoms with van der Waals surface area (Å²) in [6, 6.07) is 9.39. The highest BCUT2D eigenvalue weighted by Crippen LogP contribution is 2.40. The molecule has 2 aromatic rings. The van der Waals surface area contributed by atoms with E-state index in [1.807, 2.05) is 42.6 Å². The molecule has 0 spiro atoms. The molecule has 4 nitrogen and oxygen atoms in total. The Morgan fingerprint density at radius 3 is 2.68 bits per heavy atom. The van der Waals surface area contributed by atoms with Crippen molar-refractivity contribution in [3.63, 3.8) is 0 Å². The molecule has 1 heterocycles. The smallest absolute Gasteiger partial charge is 0.230 e. The second-order valence-electron chi connectivity index (χ2n) is 5.57. The molecule has 22 heavy (non-hydrogen) atoms. The van der Waals surface area contributed by atoms with Crippen molar-refractivity contribution in [1.82, 2.24) is 4.98 Å². The SMILES string of the molecule is CC(C(=O)Nc1nc(C2CC2)cs1)C(N)c1ccccc1.Cl. The highest BCUT2D eigenvalue weighted by Gasteiger charge is 2.27. The van der Waals surface area contributed by atoms with E-state index in [-0.39, 0.29) is 30.3 Å². The first-order valence-electron chi connectivity index (χ1n) is 7.22. The number of nitrogens with two attached hydrogens (primary N) is 1. The minimum Gasteiger partial charge on any atom is -0.323 e. The van der Waals surface area contributed by atoms with Gasteiger partial charge >= 0.3 is 0 Å². The molecular weight excluding hydrogens is 318 g/mol. The van der Waals surface area contributed by atoms with Crippen LogP contribution in [0.5, 0.6) is 0 Å². The molecular formula is C16H20ClN3OS. The van der Waals surface area contributed by atoms with Crippen molar-refractivity contribution < 1.29 is 4.79 Å². The van der Waals surface area contributed by atoms with E-state index in [0.29, 0.717) is 11.0 Å². The molecule has 0 radical (unpaired) electrons. The number of hydrogen-bond donors (Lipinski definition) is 2. The van der Waals surface area contributed by atoms with E-state index in [9.17, 15) is 4.79 Å². The fraction of sp³-hybridized carbons (Fsp3) is 0.375. The van der Waals surface area contributed by atoms with Gasteiger partial charge in [-0.05, 0) is 18.4 Å². The third-order valence-electron chi connectivity index (χ3n) is 3.88. The van der Waals surface area contributed by atoms with Gasteiger partial charge in [0.15, 0.2) is 5.13 Å². The van der Waals surface area contributed by atoms with Crippen LogP contribution in [-0.2, 0) is 4.79 Å². The molecule has 0 saturated heterocycles. The van der Waals surface area contributed by atoms with Crippen molar-refractivity contribution >= 4 is 34.8 Å². The van der Waals surface area contributed by atoms with Gasteiger partial charge < -0.3 is 11.1 Å². The Kier molecular flexibility index (Phi) is 5.56. The van der Waals surface area contributed by atoms with Crippen LogP contribution in [0.1, 0.15) is 43.0 Å². The Bertz CT molecular complexity index is 627. The Morgan fingerprint density at radius 2 is 2.05 bits per heavy atom. The van der Waals surface area contributed by atoms with Gasteiger partial charge in [-0.3, -0.25) is 4.79 Å². The maximum absolute atomic E-state index is 12.3. The molecule has 3 N–H and O–H groups in total. The first-order chi connectivity index (χ1) is 10.1. The van der Waals surface area contributed by atoms with Crippen LogP contribution in [0.2, 0.25) is 0 Å². The lowest BCUT2D eigenvalue weighted by atomic mass is 9.95. The minimum atomic E-state index is -0.311. The number of amides is 1. The van der Waals surface area contributed by atoms with E-state index < -0.39 is 0 Å². The molecule has 118 valence electrons. The molecule has 1 aromatic heterocycles. The Labute approximate surface area is 140 Å². The maximum atomic E-state index is 12.3. The summed E-state index contributed by atoms with van der Waals surface area (Å²) >= 11 is 1.49. The zero-order chi connectivity index (χ0) is 14.8. The molecule has 2 atom stereocenters. The Balaban J connectivity index is 0.00000176. The number of hydrogen-bond acceptors (Lipinski definition) is 4. The second kappa shape index (κ2) is 7.22. The van der Waals surface area contributed by atoms with E-state index >= 15 is 0 Å². The average Bonchev–Trinajstić information content (AvgIpc) is 3.27. The number of nitrogens with one attached hydrogen (secondary N) is 1. The summed E-state index contributed by atoms with van der Waals surface area (Å²) in [6.07, 6.45) is 2.43. The van der Waals surface area contributed by atoms with Crippen LogP contribution in [-0.4, -0.2) is 10.9 Å². The molecule has 2 unspecified atom stereocenters. The van der Waals surface area contributed by atoms with Crippen LogP contribution in [0.25, 0.3) is 0 Å². The van der Waals surface area contributed by atoms with Crippen molar-refractivity contribution in [3.05, 3.63) is 47.0 Å². The van der Waals surface area contributed by atoms with E-state index in [1.165, 1.54) is 24.2 Å². The van der Waals surface area contributed by atoms with Gasteiger partial charge in [0.25, 0.3) is 0 Å². The monoisotopic (exact) mass is 337 g/mol. The van der Waals surface area contributed by atoms with Gasteiger partial charge in [0.05, 0.1) is 11.6 Å². The molecule has 1 aromatic carbocycles. The third kappa shape index (κ3) is 3.85. The van der Waals surface area contributed by atoms with E-state index in [0.717, 1.165) is 11.3 Å². The first-order valence-corrected chi connectivity index (χ1v) is 8.10. The highest BCUT2D eigenvalue weighted by molar-refractivity contribution is 7.13. The van der Waals surface area contributed by atoms with Crippen LogP contribution in [0.4, 0.5) is 5.13 Å². The number of rotatable bonds is 5. The number of carbonyl (C=O) groups is 1. The van der Waals surface area contributed by atoms with Crippen molar-refractivity contribution in [2.45, 2.75) is 31.7 Å². The number of aromatic nitrogens is 1. The number of nitrogens with zero attached hydrogens (tertiary/aromatic N) is 1. The van der Waals surface area contributed by atoms with Gasteiger partial charge in [-0.15, -0.1) is 23.7 Å². The van der Waals surface area contributed by atoms with Gasteiger partial charge in [0.2, 0.25) is 5.91 Å². The van der Waals surface area contributed by atoms with Crippen molar-refractivity contribution in [3.8, 4) is 0 Å². The van der Waals surface area contributed by atoms with Crippen molar-refractivity contribution in [2.24, 2.45) is 11.7 Å². The summed E-state index contributed by atoms with van der Waals surface area (Å²) in [7, 11) is 0. The summed E-state index contributed by atoms with van der Waals surface area (Å²) in [5.74, 6) is 0.222. The normalized spacial score (nSPS) is 16.5. The second-order valence-corrected chi connectivity index (χ2v) is 6.42. The lowest BCUT2D eigenvalue weighted by Gasteiger charge is -2.19. The quantitative estimate of drug-likeness (QED) is 0.873. The van der Waals surface area contributed by atoms with Gasteiger partial charge in [-0.25, -0.2) is 4.98 Å². The van der Waals surface area contributed by atoms with Gasteiger partial charge in [-0.2, -0.15) is 0 Å². The summed E-state index contributed by atoms with van der Waals surface area (Å²) in [6.45, 7) is 1.85. The zero-order valence-corrected chi connectivity index (χ0v) is 14.0. The third-order valence-corrected chi connectivity index (χ3v) is 4.66. The number of halogens is 1. The minimum absolute atomic E-state index is 0. The average molecular weight is 338 g/mol. The summed E-state index contributed by atoms with van der Waals surface area (Å²) in [5.41, 5.74) is 8.26. The lowest BCUT2D eigenvalue weighted by molar-refractivity contribution is -0.120. The van der Waals surface area contributed by atoms with E-state index in [4.69, 9.17) is 5.73 Å². The number of anilines is 1. The van der Waals surface area contributed by atoms with E-state index in [2.05, 4.69) is 10.3 Å². The maximum Gasteiger partial charge on any atom is 0.230 e. The molecule has 1 aliphatic carbocycles. The molecule has 0 aliphatic heterocycles. The molecule has 1 saturated carbocycles. The first kappa shape index (κ1) is 16.9. The Hall–Kier alpha value is -1.43. The van der Waals surface area contributed by atoms with Crippen LogP contribution in [0.15, 0.2) is 35.7 Å². The zero-order valence-electron chi connectivity index (χ0n) is 12.4. The standard InChI is InChI=1S/C16H19N3OS.ClH/c1-10(14(17)12-5-3-2-4-6-12)15(20)19-16-18-13(9-21-16)11-7-8-11;/h2-6,9-11,14H,7-8,17H2,1H3,(H,18,19,20);1H. The lowest BCUT2D eigenvalue weighted by Crippen LogP contribution is -2.30. The van der Waals surface area contributed by atoms with Crippen LogP contribution >= 0.6 is 23.7 Å². The number of thiazole rings is 1. The predicted octanol–water partition coefficient (Wildman–Crippen LogP) is 3.72. The van der Waals surface area contributed by atoms with Crippen LogP contribution < -0.4 is 11.1 Å². The Morgan fingerprint density at radius 1 is 1.36 bits per heavy atom. The largest absolute Gasteiger partial charge is 0.323 e. The molecule has 1 amide bonds. The van der Waals surface area contributed by atoms with Crippen LogP contribution in [0, 0.1) is 5.92 Å². The van der Waals surface area contributed by atoms with Crippen molar-refractivity contribution in [1.29, 1.82) is 0 Å².